The molecule has 1 atom stereocenters. The molecule has 28 heavy (non-hydrogen) atoms. The van der Waals surface area contributed by atoms with Gasteiger partial charge in [-0.25, -0.2) is 0 Å². The molecule has 0 spiro atoms. The van der Waals surface area contributed by atoms with E-state index in [1.807, 2.05) is 26.0 Å². The van der Waals surface area contributed by atoms with Crippen molar-refractivity contribution in [3.05, 3.63) is 63.2 Å². The fraction of sp³-hybridized carbons (Fsp3) is 0.409. The molecule has 150 valence electrons. The van der Waals surface area contributed by atoms with Gasteiger partial charge < -0.3 is 9.47 Å². The van der Waals surface area contributed by atoms with Crippen LogP contribution in [-0.2, 0) is 0 Å². The summed E-state index contributed by atoms with van der Waals surface area (Å²) in [5.74, 6) is 1.95. The van der Waals surface area contributed by atoms with E-state index in [-0.39, 0.29) is 16.5 Å². The Morgan fingerprint density at radius 2 is 1.75 bits per heavy atom. The molecular formula is C22H28N2O4. The monoisotopic (exact) mass is 384 g/mol. The molecule has 0 bridgehead atoms. The number of nitrogens with zero attached hydrogens (tertiary/aromatic N) is 2. The molecule has 2 aromatic carbocycles. The zero-order valence-electron chi connectivity index (χ0n) is 17.4. The van der Waals surface area contributed by atoms with E-state index in [0.717, 1.165) is 23.3 Å². The van der Waals surface area contributed by atoms with Crippen molar-refractivity contribution >= 4 is 5.69 Å². The molecule has 0 saturated carbocycles. The zero-order valence-corrected chi connectivity index (χ0v) is 17.4. The summed E-state index contributed by atoms with van der Waals surface area (Å²) in [4.78, 5) is 10.5. The lowest BCUT2D eigenvalue weighted by Crippen LogP contribution is -1.99. The molecule has 0 N–H and O–H groups in total. The Morgan fingerprint density at radius 3 is 2.21 bits per heavy atom. The average Bonchev–Trinajstić information content (AvgIpc) is 2.72. The molecule has 2 aromatic rings. The van der Waals surface area contributed by atoms with Gasteiger partial charge in [0.15, 0.2) is 0 Å². The lowest BCUT2D eigenvalue weighted by Gasteiger charge is -2.11. The molecule has 0 aliphatic rings. The number of ether oxygens (including phenoxy) is 2. The van der Waals surface area contributed by atoms with Crippen LogP contribution < -0.4 is 9.47 Å². The summed E-state index contributed by atoms with van der Waals surface area (Å²) in [6.07, 6.45) is 0.882. The highest BCUT2D eigenvalue weighted by molar-refractivity contribution is 5.47. The SMILES string of the molecule is CCC(C)c1ccc(OC)cc1[N+](=O)[O-].COc1ccc(C#N)cc1C(C)C. The average molecular weight is 384 g/mol. The highest BCUT2D eigenvalue weighted by Gasteiger charge is 2.18. The first-order valence-corrected chi connectivity index (χ1v) is 9.19. The third-order valence-electron chi connectivity index (χ3n) is 4.56. The smallest absolute Gasteiger partial charge is 0.276 e. The molecule has 0 aromatic heterocycles. The van der Waals surface area contributed by atoms with E-state index in [2.05, 4.69) is 19.9 Å². The van der Waals surface area contributed by atoms with E-state index >= 15 is 0 Å². The number of nitro groups is 1. The van der Waals surface area contributed by atoms with Crippen molar-refractivity contribution < 1.29 is 14.4 Å². The van der Waals surface area contributed by atoms with Crippen LogP contribution in [-0.4, -0.2) is 19.1 Å². The second-order valence-corrected chi connectivity index (χ2v) is 6.71. The first-order chi connectivity index (χ1) is 13.3. The Labute approximate surface area is 166 Å². The molecular weight excluding hydrogens is 356 g/mol. The highest BCUT2D eigenvalue weighted by Crippen LogP contribution is 2.31. The molecule has 0 fully saturated rings. The van der Waals surface area contributed by atoms with Gasteiger partial charge in [-0.05, 0) is 54.2 Å². The van der Waals surface area contributed by atoms with Crippen LogP contribution in [0.25, 0.3) is 0 Å². The summed E-state index contributed by atoms with van der Waals surface area (Å²) in [6.45, 7) is 8.16. The van der Waals surface area contributed by atoms with Gasteiger partial charge in [-0.1, -0.05) is 27.7 Å². The number of hydrogen-bond acceptors (Lipinski definition) is 5. The van der Waals surface area contributed by atoms with Gasteiger partial charge in [0.2, 0.25) is 0 Å². The van der Waals surface area contributed by atoms with Crippen LogP contribution in [0.1, 0.15) is 62.6 Å². The topological polar surface area (TPSA) is 85.4 Å². The van der Waals surface area contributed by atoms with Crippen molar-refractivity contribution in [2.75, 3.05) is 14.2 Å². The second-order valence-electron chi connectivity index (χ2n) is 6.71. The van der Waals surface area contributed by atoms with E-state index in [0.29, 0.717) is 17.2 Å². The molecule has 0 aliphatic heterocycles. The van der Waals surface area contributed by atoms with Crippen molar-refractivity contribution in [1.29, 1.82) is 5.26 Å². The first kappa shape index (κ1) is 23.0. The molecule has 1 unspecified atom stereocenters. The van der Waals surface area contributed by atoms with Crippen LogP contribution in [0.5, 0.6) is 11.5 Å². The molecule has 6 nitrogen and oxygen atoms in total. The minimum absolute atomic E-state index is 0.142. The maximum atomic E-state index is 10.9. The number of nitriles is 1. The predicted octanol–water partition coefficient (Wildman–Crippen LogP) is 5.81. The number of methoxy groups -OCH3 is 2. The maximum Gasteiger partial charge on any atom is 0.276 e. The molecule has 2 rings (SSSR count). The van der Waals surface area contributed by atoms with Crippen molar-refractivity contribution in [2.24, 2.45) is 0 Å². The molecule has 0 amide bonds. The summed E-state index contributed by atoms with van der Waals surface area (Å²) in [7, 11) is 3.15. The standard InChI is InChI=1S/C11H15NO3.C11H13NO/c1-4-8(2)10-6-5-9(15-3)7-11(10)12(13)14;1-8(2)10-6-9(7-12)4-5-11(10)13-3/h5-8H,4H2,1-3H3;4-6,8H,1-3H3. The van der Waals surface area contributed by atoms with E-state index in [1.165, 1.54) is 13.2 Å². The second kappa shape index (κ2) is 10.9. The first-order valence-electron chi connectivity index (χ1n) is 9.19. The number of rotatable bonds is 6. The van der Waals surface area contributed by atoms with Gasteiger partial charge in [-0.15, -0.1) is 0 Å². The Hall–Kier alpha value is -3.07. The Kier molecular flexibility index (Phi) is 8.97. The predicted molar refractivity (Wildman–Crippen MR) is 110 cm³/mol. The van der Waals surface area contributed by atoms with Gasteiger partial charge in [0.05, 0.1) is 36.8 Å². The van der Waals surface area contributed by atoms with E-state index in [4.69, 9.17) is 14.7 Å². The van der Waals surface area contributed by atoms with E-state index in [1.54, 1.807) is 25.3 Å². The van der Waals surface area contributed by atoms with E-state index in [9.17, 15) is 10.1 Å². The van der Waals surface area contributed by atoms with Gasteiger partial charge in [-0.3, -0.25) is 10.1 Å². The summed E-state index contributed by atoms with van der Waals surface area (Å²) in [5.41, 5.74) is 2.68. The Bertz CT molecular complexity index is 841. The third-order valence-corrected chi connectivity index (χ3v) is 4.56. The molecule has 0 aliphatic carbocycles. The van der Waals surface area contributed by atoms with Crippen molar-refractivity contribution in [1.82, 2.24) is 0 Å². The summed E-state index contributed by atoms with van der Waals surface area (Å²) in [5, 5.41) is 19.6. The number of nitro benzene ring substituents is 1. The van der Waals surface area contributed by atoms with Crippen LogP contribution in [0.15, 0.2) is 36.4 Å². The summed E-state index contributed by atoms with van der Waals surface area (Å²) < 4.78 is 10.2. The molecule has 6 heteroatoms. The normalized spacial score (nSPS) is 11.1. The van der Waals surface area contributed by atoms with Crippen LogP contribution in [0.4, 0.5) is 5.69 Å². The minimum atomic E-state index is -0.357. The van der Waals surface area contributed by atoms with Gasteiger partial charge in [0.1, 0.15) is 11.5 Å². The number of benzene rings is 2. The largest absolute Gasteiger partial charge is 0.497 e. The van der Waals surface area contributed by atoms with Gasteiger partial charge in [-0.2, -0.15) is 5.26 Å². The van der Waals surface area contributed by atoms with Crippen LogP contribution in [0.3, 0.4) is 0 Å². The van der Waals surface area contributed by atoms with Gasteiger partial charge in [0.25, 0.3) is 5.69 Å². The minimum Gasteiger partial charge on any atom is -0.497 e. The summed E-state index contributed by atoms with van der Waals surface area (Å²) >= 11 is 0. The fourth-order valence-corrected chi connectivity index (χ4v) is 2.70. The maximum absolute atomic E-state index is 10.9. The van der Waals surface area contributed by atoms with Crippen molar-refractivity contribution in [3.8, 4) is 17.6 Å². The third kappa shape index (κ3) is 5.98. The highest BCUT2D eigenvalue weighted by atomic mass is 16.6. The van der Waals surface area contributed by atoms with Crippen LogP contribution in [0.2, 0.25) is 0 Å². The van der Waals surface area contributed by atoms with Gasteiger partial charge in [0, 0.05) is 5.56 Å². The quantitative estimate of drug-likeness (QED) is 0.463. The van der Waals surface area contributed by atoms with Crippen molar-refractivity contribution in [2.45, 2.75) is 46.0 Å². The fourth-order valence-electron chi connectivity index (χ4n) is 2.70. The van der Waals surface area contributed by atoms with Crippen LogP contribution in [0, 0.1) is 21.4 Å². The zero-order chi connectivity index (χ0) is 21.3. The Balaban J connectivity index is 0.000000283. The van der Waals surface area contributed by atoms with Gasteiger partial charge >= 0.3 is 0 Å². The van der Waals surface area contributed by atoms with E-state index < -0.39 is 0 Å². The molecule has 0 radical (unpaired) electrons. The molecule has 0 heterocycles. The Morgan fingerprint density at radius 1 is 1.07 bits per heavy atom. The lowest BCUT2D eigenvalue weighted by atomic mass is 9.97. The van der Waals surface area contributed by atoms with Crippen LogP contribution >= 0.6 is 0 Å². The number of hydrogen-bond donors (Lipinski definition) is 0. The molecule has 0 saturated heterocycles. The summed E-state index contributed by atoms with van der Waals surface area (Å²) in [6, 6.07) is 12.6. The lowest BCUT2D eigenvalue weighted by molar-refractivity contribution is -0.385. The van der Waals surface area contributed by atoms with Crippen molar-refractivity contribution in [3.63, 3.8) is 0 Å².